The van der Waals surface area contributed by atoms with E-state index in [1.807, 2.05) is 32.8 Å². The maximum absolute atomic E-state index is 14.4. The molecule has 0 saturated carbocycles. The van der Waals surface area contributed by atoms with Crippen molar-refractivity contribution in [3.8, 4) is 0 Å². The van der Waals surface area contributed by atoms with Gasteiger partial charge in [-0.15, -0.1) is 0 Å². The second-order valence-electron chi connectivity index (χ2n) is 16.7. The average molecular weight is 833 g/mol. The van der Waals surface area contributed by atoms with E-state index in [2.05, 4.69) is 20.2 Å². The minimum absolute atomic E-state index is 0.0258. The molecular weight excluding hydrogens is 768 g/mol. The number of fused-ring (bicyclic) bond motifs is 5. The largest absolute Gasteiger partial charge is 0.459 e. The Morgan fingerprint density at radius 1 is 1.07 bits per heavy atom. The SMILES string of the molecule is CC[C@H]1OC(=O)[C@H](C)C(=O)[C@H](C)[C@@H](O[C@@H]2O[C@H](C)C[C@H](N(C)C)[C@H]2O)[C@@]2(C)C[C@@H](C)C(=NC(C)=O)C[C@@H](OC/C(=N/OCc3ccc(NC(=O)OC)cc3)CO2)[C@]1(C)O. The zero-order valence-corrected chi connectivity index (χ0v) is 36.3. The predicted molar refractivity (Wildman–Crippen MR) is 217 cm³/mol. The summed E-state index contributed by atoms with van der Waals surface area (Å²) in [6, 6.07) is 6.53. The summed E-state index contributed by atoms with van der Waals surface area (Å²) in [4.78, 5) is 64.6. The molecule has 2 bridgehead atoms. The summed E-state index contributed by atoms with van der Waals surface area (Å²) in [6.07, 6.45) is -5.82. The van der Waals surface area contributed by atoms with E-state index in [0.717, 1.165) is 5.56 Å². The van der Waals surface area contributed by atoms with Crippen LogP contribution in [0.2, 0.25) is 0 Å². The van der Waals surface area contributed by atoms with E-state index in [0.29, 0.717) is 17.8 Å². The van der Waals surface area contributed by atoms with Crippen molar-refractivity contribution in [1.82, 2.24) is 4.90 Å². The van der Waals surface area contributed by atoms with Crippen molar-refractivity contribution in [1.29, 1.82) is 0 Å². The van der Waals surface area contributed by atoms with Crippen LogP contribution in [0.25, 0.3) is 0 Å². The average Bonchev–Trinajstić information content (AvgIpc) is 3.20. The summed E-state index contributed by atoms with van der Waals surface area (Å²) in [5.74, 6) is -4.65. The summed E-state index contributed by atoms with van der Waals surface area (Å²) < 4.78 is 36.8. The van der Waals surface area contributed by atoms with Gasteiger partial charge in [0.2, 0.25) is 5.91 Å². The first-order valence-corrected chi connectivity index (χ1v) is 20.3. The fraction of sp³-hybridized carbons (Fsp3) is 0.714. The zero-order valence-electron chi connectivity index (χ0n) is 36.3. The molecule has 0 spiro atoms. The number of aliphatic hydroxyl groups is 2. The topological polar surface area (TPSA) is 213 Å². The maximum atomic E-state index is 14.4. The van der Waals surface area contributed by atoms with Crippen molar-refractivity contribution in [2.24, 2.45) is 27.9 Å². The molecule has 3 aliphatic heterocycles. The number of benzene rings is 1. The van der Waals surface area contributed by atoms with Gasteiger partial charge in [-0.1, -0.05) is 38.1 Å². The summed E-state index contributed by atoms with van der Waals surface area (Å²) in [6.45, 7) is 12.7. The van der Waals surface area contributed by atoms with Crippen molar-refractivity contribution in [2.45, 2.75) is 142 Å². The Morgan fingerprint density at radius 3 is 2.36 bits per heavy atom. The predicted octanol–water partition coefficient (Wildman–Crippen LogP) is 4.05. The molecule has 12 atom stereocenters. The van der Waals surface area contributed by atoms with Gasteiger partial charge in [-0.25, -0.2) is 9.79 Å². The van der Waals surface area contributed by atoms with E-state index in [1.165, 1.54) is 27.9 Å². The molecule has 3 aliphatic rings. The lowest BCUT2D eigenvalue weighted by molar-refractivity contribution is -0.296. The van der Waals surface area contributed by atoms with Crippen LogP contribution in [0.5, 0.6) is 0 Å². The number of aliphatic imine (C=N–C) groups is 1. The number of carbonyl (C=O) groups is 4. The first kappa shape index (κ1) is 47.8. The van der Waals surface area contributed by atoms with Crippen LogP contribution in [0.15, 0.2) is 34.4 Å². The molecule has 1 aromatic rings. The van der Waals surface area contributed by atoms with E-state index in [9.17, 15) is 29.4 Å². The molecule has 17 heteroatoms. The number of carbonyl (C=O) groups excluding carboxylic acids is 4. The molecule has 2 amide bonds. The van der Waals surface area contributed by atoms with E-state index < -0.39 is 83.4 Å². The zero-order chi connectivity index (χ0) is 43.8. The van der Waals surface area contributed by atoms with Crippen LogP contribution in [0, 0.1) is 17.8 Å². The Labute approximate surface area is 347 Å². The first-order valence-electron chi connectivity index (χ1n) is 20.3. The Kier molecular flexibility index (Phi) is 16.7. The van der Waals surface area contributed by atoms with Crippen molar-refractivity contribution < 1.29 is 62.6 Å². The van der Waals surface area contributed by atoms with E-state index in [-0.39, 0.29) is 56.9 Å². The number of hydrogen-bond donors (Lipinski definition) is 3. The lowest BCUT2D eigenvalue weighted by Gasteiger charge is -2.47. The molecule has 3 fully saturated rings. The highest BCUT2D eigenvalue weighted by molar-refractivity contribution is 6.00. The van der Waals surface area contributed by atoms with Crippen LogP contribution in [0.3, 0.4) is 0 Å². The molecule has 3 heterocycles. The van der Waals surface area contributed by atoms with Crippen LogP contribution in [0.4, 0.5) is 10.5 Å². The van der Waals surface area contributed by atoms with Gasteiger partial charge in [-0.05, 0) is 84.7 Å². The Hall–Kier alpha value is -3.84. The fourth-order valence-corrected chi connectivity index (χ4v) is 8.07. The number of esters is 1. The van der Waals surface area contributed by atoms with Gasteiger partial charge >= 0.3 is 12.1 Å². The minimum Gasteiger partial charge on any atom is -0.459 e. The highest BCUT2D eigenvalue weighted by Crippen LogP contribution is 2.39. The summed E-state index contributed by atoms with van der Waals surface area (Å²) in [7, 11) is 4.98. The van der Waals surface area contributed by atoms with Gasteiger partial charge in [0.15, 0.2) is 12.1 Å². The monoisotopic (exact) mass is 832 g/mol. The van der Waals surface area contributed by atoms with Gasteiger partial charge in [0.25, 0.3) is 0 Å². The van der Waals surface area contributed by atoms with Crippen molar-refractivity contribution in [3.05, 3.63) is 29.8 Å². The second kappa shape index (κ2) is 20.6. The van der Waals surface area contributed by atoms with Crippen molar-refractivity contribution >= 4 is 40.9 Å². The first-order chi connectivity index (χ1) is 27.7. The molecule has 3 N–H and O–H groups in total. The lowest BCUT2D eigenvalue weighted by Crippen LogP contribution is -2.59. The van der Waals surface area contributed by atoms with Gasteiger partial charge in [0.1, 0.15) is 36.0 Å². The molecule has 0 aromatic heterocycles. The number of anilines is 1. The van der Waals surface area contributed by atoms with Crippen LogP contribution in [0.1, 0.15) is 86.6 Å². The number of aliphatic hydroxyl groups excluding tert-OH is 1. The molecule has 0 unspecified atom stereocenters. The third-order valence-electron chi connectivity index (χ3n) is 11.6. The second-order valence-corrected chi connectivity index (χ2v) is 16.7. The molecule has 4 rings (SSSR count). The molecule has 1 aromatic carbocycles. The minimum atomic E-state index is -1.84. The smallest absolute Gasteiger partial charge is 0.411 e. The lowest BCUT2D eigenvalue weighted by atomic mass is 9.76. The normalized spacial score (nSPS) is 36.6. The van der Waals surface area contributed by atoms with Gasteiger partial charge in [0.05, 0.1) is 44.2 Å². The van der Waals surface area contributed by atoms with E-state index in [1.54, 1.807) is 45.0 Å². The maximum Gasteiger partial charge on any atom is 0.411 e. The molecular formula is C42H64N4O13. The fourth-order valence-electron chi connectivity index (χ4n) is 8.07. The van der Waals surface area contributed by atoms with Gasteiger partial charge in [-0.2, -0.15) is 0 Å². The van der Waals surface area contributed by atoms with Crippen LogP contribution >= 0.6 is 0 Å². The molecule has 59 heavy (non-hydrogen) atoms. The highest BCUT2D eigenvalue weighted by atomic mass is 16.7. The number of nitrogens with zero attached hydrogens (tertiary/aromatic N) is 3. The molecule has 17 nitrogen and oxygen atoms in total. The van der Waals surface area contributed by atoms with Gasteiger partial charge in [-0.3, -0.25) is 19.7 Å². The van der Waals surface area contributed by atoms with Crippen molar-refractivity contribution in [3.63, 3.8) is 0 Å². The van der Waals surface area contributed by atoms with Gasteiger partial charge < -0.3 is 48.4 Å². The number of amides is 2. The Bertz CT molecular complexity index is 1680. The number of ether oxygens (including phenoxy) is 6. The van der Waals surface area contributed by atoms with Crippen LogP contribution in [-0.4, -0.2) is 139 Å². The third kappa shape index (κ3) is 12.1. The summed E-state index contributed by atoms with van der Waals surface area (Å²) in [5, 5.41) is 30.8. The Balaban J connectivity index is 1.85. The molecule has 330 valence electrons. The van der Waals surface area contributed by atoms with Crippen molar-refractivity contribution in [2.75, 3.05) is 39.7 Å². The Morgan fingerprint density at radius 2 is 1.75 bits per heavy atom. The summed E-state index contributed by atoms with van der Waals surface area (Å²) >= 11 is 0. The quantitative estimate of drug-likeness (QED) is 0.192. The number of hydrogen-bond acceptors (Lipinski definition) is 15. The number of Topliss-reactive ketones (excluding diaryl/α,β-unsaturated/α-hetero) is 1. The van der Waals surface area contributed by atoms with Crippen LogP contribution in [-0.2, 0) is 54.2 Å². The number of methoxy groups -OCH3 is 1. The molecule has 3 saturated heterocycles. The number of rotatable bonds is 8. The van der Waals surface area contributed by atoms with Crippen LogP contribution < -0.4 is 5.32 Å². The summed E-state index contributed by atoms with van der Waals surface area (Å²) in [5.41, 5.74) is -1.35. The number of ketones is 1. The van der Waals surface area contributed by atoms with E-state index >= 15 is 0 Å². The number of cyclic esters (lactones) is 1. The van der Waals surface area contributed by atoms with E-state index in [4.69, 9.17) is 28.5 Å². The molecule has 0 radical (unpaired) electrons. The molecule has 0 aliphatic carbocycles. The highest BCUT2D eigenvalue weighted by Gasteiger charge is 2.51. The number of oxime groups is 1. The third-order valence-corrected chi connectivity index (χ3v) is 11.6. The number of nitrogens with one attached hydrogen (secondary N) is 1. The standard InChI is InChI=1S/C42H64N4O13/c1-12-33-42(8,52)34-18-31(43-27(6)47)23(2)19-41(7,55-22-30(21-54-34)45-56-20-28-13-15-29(16-14-28)44-40(51)53-11)37(25(4)35(48)26(5)38(50)58-33)59-39-36(49)32(46(9)10)17-24(3)57-39/h13-16,23-26,32-34,36-37,39,49,52H,12,17-22H2,1-11H3,(H,44,51)/b43-31?,45-30-/t23-,24-,25+,26-,32+,33-,34-,36-,37-,39+,41-,42-/m1/s1. The van der Waals surface area contributed by atoms with Gasteiger partial charge in [0, 0.05) is 36.7 Å². The number of likely N-dealkylation sites (N-methyl/N-ethyl adjacent to an activating group) is 1.